The summed E-state index contributed by atoms with van der Waals surface area (Å²) in [5, 5.41) is 0. The van der Waals surface area contributed by atoms with Crippen molar-refractivity contribution >= 4 is 6.48 Å². The fourth-order valence-corrected chi connectivity index (χ4v) is 16.1. The Morgan fingerprint density at radius 3 is 1.86 bits per heavy atom. The van der Waals surface area contributed by atoms with E-state index in [1.165, 1.54) is 38.9 Å². The van der Waals surface area contributed by atoms with Gasteiger partial charge in [-0.15, -0.1) is 0 Å². The number of allylic oxidation sites excluding steroid dienone is 4. The largest absolute Gasteiger partial charge is 1.00 e. The Hall–Kier alpha value is -2.31. The van der Waals surface area contributed by atoms with Gasteiger partial charge < -0.3 is 24.8 Å². The van der Waals surface area contributed by atoms with Gasteiger partial charge in [0.15, 0.2) is 0 Å². The molecule has 4 aromatic rings. The minimum absolute atomic E-state index is 0. The Balaban J connectivity index is 0.00000212. The van der Waals surface area contributed by atoms with Gasteiger partial charge in [-0.1, -0.05) is 0 Å². The standard InChI is InChI=1S/C15H14.C13H9.C12H19.2ClH.Zr/c1-12-3-7-14(8-4-12)11-15-9-5-13(2)6-10-15;1-3-7-12-10(5-1)9-11-6-2-4-8-13(11)12;1-6-10-7-9(2)8-11(10)12(3,4)5;;;/h3-10H,1-2H3;1-5,7-8H,9H2;8-9H,6H2,1-5H3;2*1H;/q;;;;;+2/p-2. The number of halogens is 2. The van der Waals surface area contributed by atoms with Crippen LogP contribution in [0.2, 0.25) is 0 Å². The number of fused-ring (bicyclic) bond motifs is 3. The second kappa shape index (κ2) is 13.4. The molecule has 4 aromatic carbocycles. The molecule has 0 amide bonds. The molecule has 0 saturated carbocycles. The summed E-state index contributed by atoms with van der Waals surface area (Å²) in [5.74, 6) is 0.458. The van der Waals surface area contributed by atoms with E-state index in [0.717, 1.165) is 12.8 Å². The SMILES string of the molecule is CCC1=[C]([Zr+2](=[C](c2ccc(C)cc2)c2ccc(C)cc2)[c]2cccc3c2Cc2ccccc2-3)C(C)C=C1C(C)(C)C.[Cl-].[Cl-]. The molecule has 0 fully saturated rings. The normalized spacial score (nSPS) is 15.0. The van der Waals surface area contributed by atoms with E-state index in [-0.39, 0.29) is 30.2 Å². The Morgan fingerprint density at radius 2 is 1.30 bits per heavy atom. The maximum atomic E-state index is 2.62. The number of aryl methyl sites for hydroxylation is 2. The molecule has 3 heteroatoms. The van der Waals surface area contributed by atoms with Crippen molar-refractivity contribution in [3.63, 3.8) is 0 Å². The smallest absolute Gasteiger partial charge is 1.00 e. The van der Waals surface area contributed by atoms with Crippen LogP contribution in [0.4, 0.5) is 0 Å². The Bertz CT molecular complexity index is 1680. The molecule has 0 nitrogen and oxygen atoms in total. The maximum Gasteiger partial charge on any atom is -1.00 e. The number of rotatable bonds is 5. The van der Waals surface area contributed by atoms with Crippen molar-refractivity contribution in [1.82, 2.24) is 0 Å². The number of hydrogen-bond donors (Lipinski definition) is 0. The van der Waals surface area contributed by atoms with Gasteiger partial charge in [-0.3, -0.25) is 0 Å². The average Bonchev–Trinajstić information content (AvgIpc) is 3.51. The molecule has 6 rings (SSSR count). The second-order valence-electron chi connectivity index (χ2n) is 13.0. The zero-order valence-electron chi connectivity index (χ0n) is 26.5. The Labute approximate surface area is 279 Å². The van der Waals surface area contributed by atoms with Gasteiger partial charge in [0, 0.05) is 0 Å². The third kappa shape index (κ3) is 6.29. The van der Waals surface area contributed by atoms with Crippen LogP contribution in [0.1, 0.15) is 74.4 Å². The topological polar surface area (TPSA) is 0 Å². The Morgan fingerprint density at radius 1 is 0.744 bits per heavy atom. The molecule has 1 unspecified atom stereocenters. The van der Waals surface area contributed by atoms with E-state index in [0.29, 0.717) is 5.92 Å². The first-order valence-electron chi connectivity index (χ1n) is 15.2. The summed E-state index contributed by atoms with van der Waals surface area (Å²) >= 11 is -2.78. The van der Waals surface area contributed by atoms with Crippen LogP contribution in [0, 0.1) is 25.2 Å². The van der Waals surface area contributed by atoms with Crippen LogP contribution >= 0.6 is 0 Å². The van der Waals surface area contributed by atoms with E-state index in [2.05, 4.69) is 146 Å². The fraction of sp³-hybridized carbons (Fsp3) is 0.275. The van der Waals surface area contributed by atoms with E-state index < -0.39 is 21.3 Å². The Kier molecular flexibility index (Phi) is 10.4. The van der Waals surface area contributed by atoms with Gasteiger partial charge in [-0.25, -0.2) is 0 Å². The van der Waals surface area contributed by atoms with Crippen LogP contribution in [0.3, 0.4) is 0 Å². The molecular weight excluding hydrogens is 643 g/mol. The molecule has 0 radical (unpaired) electrons. The molecule has 0 heterocycles. The molecule has 0 aromatic heterocycles. The summed E-state index contributed by atoms with van der Waals surface area (Å²) in [6, 6.07) is 35.1. The molecule has 0 N–H and O–H groups in total. The van der Waals surface area contributed by atoms with Crippen LogP contribution in [0.15, 0.2) is 111 Å². The van der Waals surface area contributed by atoms with Crippen molar-refractivity contribution in [2.45, 2.75) is 61.3 Å². The van der Waals surface area contributed by atoms with E-state index in [1.54, 1.807) is 26.5 Å². The van der Waals surface area contributed by atoms with E-state index >= 15 is 0 Å². The molecule has 0 bridgehead atoms. The summed E-state index contributed by atoms with van der Waals surface area (Å²) < 4.78 is 5.06. The van der Waals surface area contributed by atoms with Crippen molar-refractivity contribution in [3.05, 3.63) is 145 Å². The van der Waals surface area contributed by atoms with Crippen molar-refractivity contribution in [2.75, 3.05) is 0 Å². The molecule has 0 aliphatic heterocycles. The minimum atomic E-state index is -2.78. The summed E-state index contributed by atoms with van der Waals surface area (Å²) in [6.07, 6.45) is 4.76. The fourth-order valence-electron chi connectivity index (χ4n) is 7.02. The zero-order chi connectivity index (χ0) is 28.9. The third-order valence-corrected chi connectivity index (χ3v) is 17.3. The molecule has 1 atom stereocenters. The van der Waals surface area contributed by atoms with Crippen LogP contribution in [0.25, 0.3) is 11.1 Å². The van der Waals surface area contributed by atoms with Crippen molar-refractivity contribution in [1.29, 1.82) is 0 Å². The van der Waals surface area contributed by atoms with Crippen LogP contribution < -0.4 is 28.1 Å². The summed E-state index contributed by atoms with van der Waals surface area (Å²) in [5.41, 5.74) is 14.7. The molecule has 0 spiro atoms. The molecule has 0 saturated heterocycles. The van der Waals surface area contributed by atoms with Crippen molar-refractivity contribution < 1.29 is 46.1 Å². The van der Waals surface area contributed by atoms with E-state index in [4.69, 9.17) is 0 Å². The van der Waals surface area contributed by atoms with Crippen LogP contribution in [-0.2, 0) is 27.7 Å². The summed E-state index contributed by atoms with van der Waals surface area (Å²) in [4.78, 5) is 0. The van der Waals surface area contributed by atoms with E-state index in [1.807, 2.05) is 0 Å². The maximum absolute atomic E-state index is 2.78. The van der Waals surface area contributed by atoms with E-state index in [9.17, 15) is 0 Å². The summed E-state index contributed by atoms with van der Waals surface area (Å²) in [7, 11) is 0. The molecule has 43 heavy (non-hydrogen) atoms. The zero-order valence-corrected chi connectivity index (χ0v) is 30.5. The van der Waals surface area contributed by atoms with Gasteiger partial charge in [-0.2, -0.15) is 0 Å². The van der Waals surface area contributed by atoms with Gasteiger partial charge in [0.2, 0.25) is 0 Å². The van der Waals surface area contributed by atoms with Gasteiger partial charge in [0.25, 0.3) is 0 Å². The first kappa shape index (κ1) is 33.6. The van der Waals surface area contributed by atoms with Crippen LogP contribution in [0.5, 0.6) is 0 Å². The third-order valence-electron chi connectivity index (χ3n) is 9.00. The van der Waals surface area contributed by atoms with Crippen molar-refractivity contribution in [2.24, 2.45) is 11.3 Å². The molecule has 2 aliphatic rings. The molecule has 220 valence electrons. The summed E-state index contributed by atoms with van der Waals surface area (Å²) in [6.45, 7) is 16.5. The van der Waals surface area contributed by atoms with Gasteiger partial charge in [-0.05, 0) is 0 Å². The average molecular weight is 685 g/mol. The number of benzene rings is 4. The first-order valence-corrected chi connectivity index (χ1v) is 18.9. The number of hydrogen-bond acceptors (Lipinski definition) is 0. The van der Waals surface area contributed by atoms with Gasteiger partial charge in [0.1, 0.15) is 0 Å². The predicted octanol–water partition coefficient (Wildman–Crippen LogP) is 3.68. The predicted molar refractivity (Wildman–Crippen MR) is 174 cm³/mol. The molecule has 2 aliphatic carbocycles. The first-order chi connectivity index (χ1) is 19.7. The second-order valence-corrected chi connectivity index (χ2v) is 18.7. The van der Waals surface area contributed by atoms with Gasteiger partial charge in [0.05, 0.1) is 0 Å². The quantitative estimate of drug-likeness (QED) is 0.265. The van der Waals surface area contributed by atoms with Gasteiger partial charge >= 0.3 is 256 Å². The molecular formula is C40H42Cl2Zr. The monoisotopic (exact) mass is 682 g/mol. The van der Waals surface area contributed by atoms with Crippen molar-refractivity contribution in [3.8, 4) is 11.1 Å². The minimum Gasteiger partial charge on any atom is -1.00 e. The van der Waals surface area contributed by atoms with Crippen LogP contribution in [-0.4, -0.2) is 3.21 Å².